The molecule has 368 valence electrons. The first kappa shape index (κ1) is 47.2. The van der Waals surface area contributed by atoms with E-state index in [2.05, 4.69) is 67.6 Å². The summed E-state index contributed by atoms with van der Waals surface area (Å²) in [4.78, 5) is 74.7. The lowest BCUT2D eigenvalue weighted by Gasteiger charge is -2.30. The molecule has 0 radical (unpaired) electrons. The molecule has 3 fully saturated rings. The van der Waals surface area contributed by atoms with Gasteiger partial charge in [-0.05, 0) is 111 Å². The Balaban J connectivity index is 0.964. The maximum Gasteiger partial charge on any atom is 0.407 e. The number of aromatic amines is 2. The topological polar surface area (TPSA) is 180 Å². The Morgan fingerprint density at radius 2 is 1.36 bits per heavy atom. The second kappa shape index (κ2) is 19.4. The van der Waals surface area contributed by atoms with Crippen molar-refractivity contribution < 1.29 is 33.0 Å². The lowest BCUT2D eigenvalue weighted by atomic mass is 9.90. The summed E-state index contributed by atoms with van der Waals surface area (Å²) in [5.41, 5.74) is 6.36. The number of ether oxygens (including phenoxy) is 2. The average molecular weight is 972 g/mol. The van der Waals surface area contributed by atoms with E-state index in [0.717, 1.165) is 65.0 Å². The molecule has 15 nitrogen and oxygen atoms in total. The molecule has 2 saturated heterocycles. The van der Waals surface area contributed by atoms with Crippen LogP contribution in [0.4, 0.5) is 14.0 Å². The fourth-order valence-electron chi connectivity index (χ4n) is 10.9. The Morgan fingerprint density at radius 1 is 0.757 bits per heavy atom. The van der Waals surface area contributed by atoms with Crippen LogP contribution in [0.2, 0.25) is 0 Å². The zero-order valence-electron chi connectivity index (χ0n) is 40.6. The molecular weight excluding hydrogens is 910 g/mol. The minimum Gasteiger partial charge on any atom is -0.453 e. The molecule has 1 aliphatic carbocycles. The first-order valence-corrected chi connectivity index (χ1v) is 25.6. The van der Waals surface area contributed by atoms with Crippen LogP contribution in [-0.2, 0) is 31.9 Å². The third-order valence-corrected chi connectivity index (χ3v) is 16.0. The number of likely N-dealkylation sites (tertiary alicyclic amines) is 2. The predicted molar refractivity (Wildman–Crippen MR) is 265 cm³/mol. The Kier molecular flexibility index (Phi) is 13.1. The monoisotopic (exact) mass is 971 g/mol. The van der Waals surface area contributed by atoms with E-state index in [1.165, 1.54) is 43.2 Å². The number of amides is 4. The summed E-state index contributed by atoms with van der Waals surface area (Å²) >= 11 is 1.85. The number of nitrogens with zero attached hydrogens (tertiary/aromatic N) is 5. The van der Waals surface area contributed by atoms with Crippen LogP contribution < -0.4 is 10.6 Å². The van der Waals surface area contributed by atoms with Gasteiger partial charge in [0.25, 0.3) is 0 Å². The Morgan fingerprint density at radius 3 is 1.93 bits per heavy atom. The molecule has 6 aromatic rings. The van der Waals surface area contributed by atoms with Gasteiger partial charge in [-0.3, -0.25) is 9.59 Å². The number of alkyl carbamates (subject to hydrolysis) is 2. The standard InChI is InChI=1S/C53H62FN9O6S/c1-28(2)46(59-52(66)68-5)50(64)61-19-7-9-40(61)48-55-26-37(57-48)31-14-17-39-33(21-31)24-43-45-34(25-42(63(39)43)44-18-16-35(70-44)15-13-30-11-12-30)22-32(23-36(45)54)38-27-56-49(58-38)41-10-8-20-62(41)51(65)47(29(3)4)60-53(67)69-6/h14,16-18,21-24,26-30,40-42,46-47H,7-13,15,19-20,25H2,1-6H3,(H,55,57)(H,56,58)(H,59,66)(H,60,67)/t40-,41-,42?,46-,47?/m0/s1. The van der Waals surface area contributed by atoms with Crippen LogP contribution in [0.1, 0.15) is 118 Å². The molecule has 0 spiro atoms. The van der Waals surface area contributed by atoms with E-state index in [0.29, 0.717) is 54.4 Å². The molecule has 0 bridgehead atoms. The van der Waals surface area contributed by atoms with Gasteiger partial charge in [0.05, 0.1) is 61.8 Å². The van der Waals surface area contributed by atoms with Crippen LogP contribution in [0.25, 0.3) is 44.7 Å². The summed E-state index contributed by atoms with van der Waals surface area (Å²) < 4.78 is 29.0. The summed E-state index contributed by atoms with van der Waals surface area (Å²) in [6, 6.07) is 14.5. The highest BCUT2D eigenvalue weighted by Gasteiger charge is 2.40. The molecule has 1 saturated carbocycles. The van der Waals surface area contributed by atoms with E-state index in [1.807, 2.05) is 50.1 Å². The van der Waals surface area contributed by atoms with E-state index < -0.39 is 24.3 Å². The number of thiophene rings is 1. The molecule has 4 N–H and O–H groups in total. The first-order valence-electron chi connectivity index (χ1n) is 24.8. The summed E-state index contributed by atoms with van der Waals surface area (Å²) in [5, 5.41) is 6.40. The van der Waals surface area contributed by atoms with E-state index in [9.17, 15) is 19.2 Å². The number of hydrogen-bond donors (Lipinski definition) is 4. The van der Waals surface area contributed by atoms with Crippen molar-refractivity contribution in [3.05, 3.63) is 93.7 Å². The number of nitrogens with one attached hydrogen (secondary N) is 4. The number of aryl methyl sites for hydroxylation is 1. The molecule has 2 unspecified atom stereocenters. The lowest BCUT2D eigenvalue weighted by molar-refractivity contribution is -0.136. The zero-order valence-corrected chi connectivity index (χ0v) is 41.5. The zero-order chi connectivity index (χ0) is 49.0. The van der Waals surface area contributed by atoms with Crippen molar-refractivity contribution in [2.75, 3.05) is 27.3 Å². The van der Waals surface area contributed by atoms with Crippen molar-refractivity contribution in [1.82, 2.24) is 44.9 Å². The molecule has 70 heavy (non-hydrogen) atoms. The molecule has 4 aromatic heterocycles. The van der Waals surface area contributed by atoms with Gasteiger partial charge >= 0.3 is 12.2 Å². The van der Waals surface area contributed by atoms with Crippen LogP contribution in [0, 0.1) is 23.6 Å². The van der Waals surface area contributed by atoms with Gasteiger partial charge in [-0.25, -0.2) is 23.9 Å². The highest BCUT2D eigenvalue weighted by molar-refractivity contribution is 7.12. The number of rotatable bonds is 14. The van der Waals surface area contributed by atoms with Gasteiger partial charge in [-0.1, -0.05) is 46.6 Å². The number of benzene rings is 2. The Labute approximate surface area is 410 Å². The number of halogens is 1. The van der Waals surface area contributed by atoms with Crippen LogP contribution >= 0.6 is 11.3 Å². The molecule has 10 rings (SSSR count). The summed E-state index contributed by atoms with van der Waals surface area (Å²) in [7, 11) is 2.57. The van der Waals surface area contributed by atoms with E-state index in [4.69, 9.17) is 19.4 Å². The van der Waals surface area contributed by atoms with Gasteiger partial charge in [0.2, 0.25) is 11.8 Å². The molecular formula is C53H62FN9O6S. The molecule has 3 aliphatic heterocycles. The van der Waals surface area contributed by atoms with Gasteiger partial charge in [-0.2, -0.15) is 0 Å². The second-order valence-corrected chi connectivity index (χ2v) is 21.3. The van der Waals surface area contributed by atoms with E-state index >= 15 is 4.39 Å². The molecule has 4 amide bonds. The van der Waals surface area contributed by atoms with Crippen molar-refractivity contribution in [2.24, 2.45) is 17.8 Å². The number of imidazole rings is 2. The van der Waals surface area contributed by atoms with Crippen molar-refractivity contribution in [3.63, 3.8) is 0 Å². The van der Waals surface area contributed by atoms with Gasteiger partial charge in [-0.15, -0.1) is 11.3 Å². The van der Waals surface area contributed by atoms with Gasteiger partial charge < -0.3 is 44.4 Å². The molecule has 7 heterocycles. The maximum atomic E-state index is 17.1. The van der Waals surface area contributed by atoms with Gasteiger partial charge in [0.15, 0.2) is 0 Å². The maximum absolute atomic E-state index is 17.1. The Bertz CT molecular complexity index is 2950. The second-order valence-electron chi connectivity index (χ2n) is 20.1. The average Bonchev–Trinajstić information content (AvgIpc) is 4.08. The van der Waals surface area contributed by atoms with Crippen molar-refractivity contribution >= 4 is 46.2 Å². The fourth-order valence-corrected chi connectivity index (χ4v) is 12.0. The largest absolute Gasteiger partial charge is 0.453 e. The quantitative estimate of drug-likeness (QED) is 0.0833. The van der Waals surface area contributed by atoms with Crippen molar-refractivity contribution in [1.29, 1.82) is 0 Å². The number of H-pyrrole nitrogens is 2. The number of methoxy groups -OCH3 is 2. The van der Waals surface area contributed by atoms with Gasteiger partial charge in [0.1, 0.15) is 29.5 Å². The third-order valence-electron chi connectivity index (χ3n) is 14.8. The number of carbonyl (C=O) groups is 4. The highest BCUT2D eigenvalue weighted by Crippen LogP contribution is 2.47. The third kappa shape index (κ3) is 9.08. The minimum absolute atomic E-state index is 0.0731. The number of fused-ring (bicyclic) bond motifs is 5. The van der Waals surface area contributed by atoms with Crippen molar-refractivity contribution in [3.8, 4) is 33.8 Å². The highest BCUT2D eigenvalue weighted by atomic mass is 32.1. The summed E-state index contributed by atoms with van der Waals surface area (Å²) in [5.74, 6) is 1.16. The first-order chi connectivity index (χ1) is 33.8. The van der Waals surface area contributed by atoms with Crippen LogP contribution in [0.5, 0.6) is 0 Å². The molecule has 5 atom stereocenters. The minimum atomic E-state index is -0.752. The fraction of sp³-hybridized carbons (Fsp3) is 0.472. The van der Waals surface area contributed by atoms with E-state index in [-0.39, 0.29) is 47.6 Å². The number of aromatic nitrogens is 5. The van der Waals surface area contributed by atoms with Crippen molar-refractivity contribution in [2.45, 2.75) is 116 Å². The van der Waals surface area contributed by atoms with E-state index in [1.54, 1.807) is 17.2 Å². The molecule has 17 heteroatoms. The molecule has 4 aliphatic rings. The lowest BCUT2D eigenvalue weighted by Crippen LogP contribution is -2.51. The van der Waals surface area contributed by atoms with Crippen LogP contribution in [0.3, 0.4) is 0 Å². The Hall–Kier alpha value is -6.49. The molecule has 2 aromatic carbocycles. The summed E-state index contributed by atoms with van der Waals surface area (Å²) in [6.45, 7) is 8.66. The number of carbonyl (C=O) groups excluding carboxylic acids is 4. The van der Waals surface area contributed by atoms with Gasteiger partial charge in [0, 0.05) is 50.4 Å². The number of hydrogen-bond acceptors (Lipinski definition) is 9. The summed E-state index contributed by atoms with van der Waals surface area (Å²) in [6.07, 6.45) is 10.8. The SMILES string of the molecule is COC(=O)NC(C(=O)N1CCC[C@H]1c1ncc(-c2cc(F)c3c(c2)CC(c2ccc(CCC4CC4)s2)n2c-3cc3cc(-c4cnc([C@@H]5CCCN5C(=O)[C@@H](NC(=O)OC)C(C)C)[nH]4)ccc32)[nH]1)C(C)C. The normalized spacial score (nSPS) is 19.6. The smallest absolute Gasteiger partial charge is 0.407 e. The van der Waals surface area contributed by atoms with Crippen LogP contribution in [0.15, 0.2) is 60.9 Å². The predicted octanol–water partition coefficient (Wildman–Crippen LogP) is 9.87. The van der Waals surface area contributed by atoms with Crippen LogP contribution in [-0.4, -0.2) is 97.7 Å².